The van der Waals surface area contributed by atoms with E-state index in [4.69, 9.17) is 9.47 Å². The minimum Gasteiger partial charge on any atom is -0.493 e. The minimum absolute atomic E-state index is 0.717. The molecule has 0 unspecified atom stereocenters. The maximum absolute atomic E-state index is 6.41. The van der Waals surface area contributed by atoms with Crippen LogP contribution in [-0.4, -0.2) is 13.2 Å². The number of aryl methyl sites for hydroxylation is 2. The standard InChI is InChI=1S/C46H74O2/c1-5-7-9-11-13-15-17-19-39-21-25-41(26-22-39)35-47-44-30-31-45(37(3)34-44)43-29-32-46(38(4)33-43)48-36-42-27-23-40(24-28-42)20-18-16-14-12-10-8-6-2/h29-34,39-42H,5-28,35-36H2,1-4H3. The molecule has 48 heavy (non-hydrogen) atoms. The van der Waals surface area contributed by atoms with Gasteiger partial charge in [-0.1, -0.05) is 154 Å². The summed E-state index contributed by atoms with van der Waals surface area (Å²) in [6.45, 7) is 10.8. The zero-order chi connectivity index (χ0) is 33.8. The van der Waals surface area contributed by atoms with Gasteiger partial charge in [-0.25, -0.2) is 0 Å². The highest BCUT2D eigenvalue weighted by molar-refractivity contribution is 5.69. The van der Waals surface area contributed by atoms with Gasteiger partial charge in [-0.3, -0.25) is 0 Å². The average Bonchev–Trinajstić information content (AvgIpc) is 3.10. The lowest BCUT2D eigenvalue weighted by Gasteiger charge is -2.28. The molecule has 2 aliphatic rings. The summed E-state index contributed by atoms with van der Waals surface area (Å²) in [7, 11) is 0. The number of benzene rings is 2. The molecule has 0 aromatic heterocycles. The average molecular weight is 659 g/mol. The predicted molar refractivity (Wildman–Crippen MR) is 208 cm³/mol. The van der Waals surface area contributed by atoms with Crippen LogP contribution in [0.15, 0.2) is 36.4 Å². The molecule has 0 N–H and O–H groups in total. The van der Waals surface area contributed by atoms with Crippen LogP contribution in [0.1, 0.15) is 179 Å². The smallest absolute Gasteiger partial charge is 0.122 e. The molecule has 270 valence electrons. The van der Waals surface area contributed by atoms with Crippen molar-refractivity contribution in [3.63, 3.8) is 0 Å². The molecule has 0 atom stereocenters. The first-order valence-corrected chi connectivity index (χ1v) is 21.0. The van der Waals surface area contributed by atoms with Gasteiger partial charge in [0.15, 0.2) is 0 Å². The highest BCUT2D eigenvalue weighted by Gasteiger charge is 2.23. The third kappa shape index (κ3) is 14.1. The van der Waals surface area contributed by atoms with Crippen LogP contribution in [0, 0.1) is 37.5 Å². The van der Waals surface area contributed by atoms with E-state index >= 15 is 0 Å². The minimum atomic E-state index is 0.717. The van der Waals surface area contributed by atoms with Gasteiger partial charge in [0.05, 0.1) is 13.2 Å². The predicted octanol–water partition coefficient (Wildman–Crippen LogP) is 14.6. The van der Waals surface area contributed by atoms with Gasteiger partial charge < -0.3 is 9.47 Å². The maximum atomic E-state index is 6.41. The van der Waals surface area contributed by atoms with E-state index in [0.717, 1.165) is 42.5 Å². The maximum Gasteiger partial charge on any atom is 0.122 e. The number of ether oxygens (including phenoxy) is 2. The van der Waals surface area contributed by atoms with Crippen molar-refractivity contribution in [2.24, 2.45) is 23.7 Å². The van der Waals surface area contributed by atoms with Crippen LogP contribution in [0.3, 0.4) is 0 Å². The van der Waals surface area contributed by atoms with Gasteiger partial charge in [-0.2, -0.15) is 0 Å². The summed E-state index contributed by atoms with van der Waals surface area (Å²) in [6, 6.07) is 13.4. The van der Waals surface area contributed by atoms with Gasteiger partial charge >= 0.3 is 0 Å². The van der Waals surface area contributed by atoms with Crippen molar-refractivity contribution in [3.05, 3.63) is 47.5 Å². The number of rotatable bonds is 23. The molecule has 0 aliphatic heterocycles. The van der Waals surface area contributed by atoms with Gasteiger partial charge in [0.2, 0.25) is 0 Å². The Balaban J connectivity index is 1.11. The summed E-state index contributed by atoms with van der Waals surface area (Å²) in [5.74, 6) is 5.43. The first-order chi connectivity index (χ1) is 23.6. The summed E-state index contributed by atoms with van der Waals surface area (Å²) < 4.78 is 12.8. The molecule has 2 fully saturated rings. The van der Waals surface area contributed by atoms with Crippen molar-refractivity contribution in [2.75, 3.05) is 13.2 Å². The van der Waals surface area contributed by atoms with Crippen molar-refractivity contribution in [1.82, 2.24) is 0 Å². The van der Waals surface area contributed by atoms with Gasteiger partial charge in [0.25, 0.3) is 0 Å². The third-order valence-corrected chi connectivity index (χ3v) is 12.0. The molecule has 2 aromatic carbocycles. The van der Waals surface area contributed by atoms with Crippen molar-refractivity contribution in [3.8, 4) is 22.6 Å². The molecule has 2 nitrogen and oxygen atoms in total. The number of hydrogen-bond acceptors (Lipinski definition) is 2. The Kier molecular flexibility index (Phi) is 18.4. The molecule has 4 rings (SSSR count). The Labute approximate surface area is 297 Å². The second-order valence-electron chi connectivity index (χ2n) is 16.2. The molecule has 0 spiro atoms. The van der Waals surface area contributed by atoms with E-state index in [1.165, 1.54) is 176 Å². The number of unbranched alkanes of at least 4 members (excludes halogenated alkanes) is 12. The molecule has 2 heteroatoms. The summed E-state index contributed by atoms with van der Waals surface area (Å²) in [4.78, 5) is 0. The molecule has 2 aliphatic carbocycles. The van der Waals surface area contributed by atoms with Crippen molar-refractivity contribution in [2.45, 2.75) is 182 Å². The van der Waals surface area contributed by atoms with Crippen LogP contribution in [0.4, 0.5) is 0 Å². The molecule has 0 bridgehead atoms. The Morgan fingerprint density at radius 1 is 0.479 bits per heavy atom. The zero-order valence-corrected chi connectivity index (χ0v) is 32.0. The van der Waals surface area contributed by atoms with Crippen molar-refractivity contribution >= 4 is 0 Å². The summed E-state index contributed by atoms with van der Waals surface area (Å²) in [6.07, 6.45) is 33.8. The molecule has 0 amide bonds. The lowest BCUT2D eigenvalue weighted by molar-refractivity contribution is 0.177. The number of hydrogen-bond donors (Lipinski definition) is 0. The quantitative estimate of drug-likeness (QED) is 0.111. The van der Waals surface area contributed by atoms with Gasteiger partial charge in [-0.05, 0) is 110 Å². The molecule has 2 aromatic rings. The lowest BCUT2D eigenvalue weighted by Crippen LogP contribution is -2.20. The summed E-state index contributed by atoms with van der Waals surface area (Å²) in [5.41, 5.74) is 5.09. The fraction of sp³-hybridized carbons (Fsp3) is 0.739. The normalized spacial score (nSPS) is 21.3. The largest absolute Gasteiger partial charge is 0.493 e. The Hall–Kier alpha value is -1.96. The fourth-order valence-electron chi connectivity index (χ4n) is 8.60. The molecular weight excluding hydrogens is 585 g/mol. The molecular formula is C46H74O2. The van der Waals surface area contributed by atoms with E-state index in [9.17, 15) is 0 Å². The van der Waals surface area contributed by atoms with Gasteiger partial charge in [0.1, 0.15) is 11.5 Å². The van der Waals surface area contributed by atoms with Crippen LogP contribution in [0.5, 0.6) is 11.5 Å². The van der Waals surface area contributed by atoms with Crippen LogP contribution in [0.25, 0.3) is 11.1 Å². The van der Waals surface area contributed by atoms with Crippen LogP contribution in [-0.2, 0) is 0 Å². The van der Waals surface area contributed by atoms with E-state index in [1.54, 1.807) is 0 Å². The van der Waals surface area contributed by atoms with Crippen molar-refractivity contribution < 1.29 is 9.47 Å². The van der Waals surface area contributed by atoms with E-state index in [2.05, 4.69) is 64.1 Å². The Morgan fingerprint density at radius 2 is 0.958 bits per heavy atom. The second kappa shape index (κ2) is 22.7. The van der Waals surface area contributed by atoms with Crippen molar-refractivity contribution in [1.29, 1.82) is 0 Å². The lowest BCUT2D eigenvalue weighted by atomic mass is 9.80. The Morgan fingerprint density at radius 3 is 1.46 bits per heavy atom. The molecule has 2 saturated carbocycles. The monoisotopic (exact) mass is 659 g/mol. The molecule has 0 heterocycles. The zero-order valence-electron chi connectivity index (χ0n) is 32.0. The Bertz CT molecular complexity index is 1120. The topological polar surface area (TPSA) is 18.5 Å². The molecule has 0 radical (unpaired) electrons. The second-order valence-corrected chi connectivity index (χ2v) is 16.2. The van der Waals surface area contributed by atoms with Gasteiger partial charge in [0, 0.05) is 0 Å². The van der Waals surface area contributed by atoms with Crippen LogP contribution in [0.2, 0.25) is 0 Å². The third-order valence-electron chi connectivity index (χ3n) is 12.0. The summed E-state index contributed by atoms with van der Waals surface area (Å²) >= 11 is 0. The van der Waals surface area contributed by atoms with Crippen LogP contribution >= 0.6 is 0 Å². The van der Waals surface area contributed by atoms with E-state index < -0.39 is 0 Å². The summed E-state index contributed by atoms with van der Waals surface area (Å²) in [5, 5.41) is 0. The van der Waals surface area contributed by atoms with Crippen LogP contribution < -0.4 is 9.47 Å². The fourth-order valence-corrected chi connectivity index (χ4v) is 8.60. The molecule has 0 saturated heterocycles. The SMILES string of the molecule is CCCCCCCCCC1CCC(COc2ccc(-c3ccc(OCC4CCC(CCCCCCCCC)CC4)c(C)c3)c(C)c2)CC1. The first kappa shape index (κ1) is 38.8. The van der Waals surface area contributed by atoms with E-state index in [0.29, 0.717) is 5.92 Å². The first-order valence-electron chi connectivity index (χ1n) is 21.0. The van der Waals surface area contributed by atoms with E-state index in [-0.39, 0.29) is 0 Å². The highest BCUT2D eigenvalue weighted by Crippen LogP contribution is 2.36. The van der Waals surface area contributed by atoms with Gasteiger partial charge in [-0.15, -0.1) is 0 Å². The highest BCUT2D eigenvalue weighted by atomic mass is 16.5. The van der Waals surface area contributed by atoms with E-state index in [1.807, 2.05) is 0 Å².